The summed E-state index contributed by atoms with van der Waals surface area (Å²) < 4.78 is 0. The average molecular weight is 282 g/mol. The fourth-order valence-corrected chi connectivity index (χ4v) is 2.35. The molecule has 0 fully saturated rings. The molecule has 0 aliphatic heterocycles. The Kier molecular flexibility index (Phi) is 4.32. The lowest BCUT2D eigenvalue weighted by atomic mass is 10.0. The van der Waals surface area contributed by atoms with Gasteiger partial charge in [0.1, 0.15) is 0 Å². The number of hydrogen-bond donors (Lipinski definition) is 1. The van der Waals surface area contributed by atoms with Gasteiger partial charge in [-0.1, -0.05) is 25.1 Å². The number of nitrogen functional groups attached to an aromatic ring is 1. The standard InChI is InChI=1S/C18H22N2O/c1-5-14-6-8-15(9-7-14)20(4)18(21)16-11-17(19)13(3)10-12(16)2/h6-11H,5,19H2,1-4H3. The first-order chi connectivity index (χ1) is 9.93. The van der Waals surface area contributed by atoms with Crippen LogP contribution in [0.3, 0.4) is 0 Å². The van der Waals surface area contributed by atoms with Gasteiger partial charge in [0.15, 0.2) is 0 Å². The van der Waals surface area contributed by atoms with E-state index in [2.05, 4.69) is 19.1 Å². The number of amides is 1. The molecule has 0 bridgehead atoms. The number of nitrogens with zero attached hydrogens (tertiary/aromatic N) is 1. The van der Waals surface area contributed by atoms with Gasteiger partial charge in [0.25, 0.3) is 5.91 Å². The van der Waals surface area contributed by atoms with Crippen LogP contribution in [0.15, 0.2) is 36.4 Å². The quantitative estimate of drug-likeness (QED) is 0.872. The Labute approximate surface area is 126 Å². The van der Waals surface area contributed by atoms with Gasteiger partial charge in [-0.25, -0.2) is 0 Å². The van der Waals surface area contributed by atoms with Gasteiger partial charge < -0.3 is 10.6 Å². The Morgan fingerprint density at radius 2 is 1.71 bits per heavy atom. The van der Waals surface area contributed by atoms with E-state index in [1.54, 1.807) is 18.0 Å². The number of hydrogen-bond acceptors (Lipinski definition) is 2. The molecule has 0 aliphatic carbocycles. The zero-order chi connectivity index (χ0) is 15.6. The van der Waals surface area contributed by atoms with Gasteiger partial charge in [-0.2, -0.15) is 0 Å². The molecule has 0 heterocycles. The van der Waals surface area contributed by atoms with E-state index in [9.17, 15) is 4.79 Å². The SMILES string of the molecule is CCc1ccc(N(C)C(=O)c2cc(N)c(C)cc2C)cc1. The highest BCUT2D eigenvalue weighted by Crippen LogP contribution is 2.22. The molecule has 2 rings (SSSR count). The Balaban J connectivity index is 2.32. The molecule has 0 unspecified atom stereocenters. The first kappa shape index (κ1) is 15.1. The average Bonchev–Trinajstić information content (AvgIpc) is 2.49. The second kappa shape index (κ2) is 6.00. The van der Waals surface area contributed by atoms with Crippen LogP contribution in [0.4, 0.5) is 11.4 Å². The van der Waals surface area contributed by atoms with E-state index in [1.807, 2.05) is 32.0 Å². The normalized spacial score (nSPS) is 10.5. The van der Waals surface area contributed by atoms with Crippen molar-refractivity contribution in [3.05, 3.63) is 58.7 Å². The summed E-state index contributed by atoms with van der Waals surface area (Å²) in [6, 6.07) is 11.8. The van der Waals surface area contributed by atoms with Crippen molar-refractivity contribution >= 4 is 17.3 Å². The van der Waals surface area contributed by atoms with Gasteiger partial charge in [-0.3, -0.25) is 4.79 Å². The molecule has 0 aliphatic rings. The number of carbonyl (C=O) groups excluding carboxylic acids is 1. The second-order valence-electron chi connectivity index (χ2n) is 5.41. The maximum atomic E-state index is 12.7. The summed E-state index contributed by atoms with van der Waals surface area (Å²) in [5, 5.41) is 0. The molecule has 110 valence electrons. The third-order valence-electron chi connectivity index (χ3n) is 3.88. The lowest BCUT2D eigenvalue weighted by molar-refractivity contribution is 0.0992. The summed E-state index contributed by atoms with van der Waals surface area (Å²) in [5.74, 6) is -0.0385. The maximum absolute atomic E-state index is 12.7. The third-order valence-corrected chi connectivity index (χ3v) is 3.88. The van der Waals surface area contributed by atoms with Gasteiger partial charge >= 0.3 is 0 Å². The van der Waals surface area contributed by atoms with E-state index >= 15 is 0 Å². The lowest BCUT2D eigenvalue weighted by Gasteiger charge is -2.19. The van der Waals surface area contributed by atoms with E-state index in [0.717, 1.165) is 23.2 Å². The molecule has 21 heavy (non-hydrogen) atoms. The van der Waals surface area contributed by atoms with Crippen molar-refractivity contribution in [2.45, 2.75) is 27.2 Å². The van der Waals surface area contributed by atoms with Crippen LogP contribution in [-0.2, 0) is 6.42 Å². The third kappa shape index (κ3) is 3.07. The van der Waals surface area contributed by atoms with E-state index in [-0.39, 0.29) is 5.91 Å². The fraction of sp³-hybridized carbons (Fsp3) is 0.278. The molecule has 2 aromatic carbocycles. The predicted octanol–water partition coefficient (Wildman–Crippen LogP) is 3.72. The first-order valence-electron chi connectivity index (χ1n) is 7.17. The number of anilines is 2. The van der Waals surface area contributed by atoms with Gasteiger partial charge in [0.2, 0.25) is 0 Å². The zero-order valence-corrected chi connectivity index (χ0v) is 13.1. The van der Waals surface area contributed by atoms with Gasteiger partial charge in [-0.15, -0.1) is 0 Å². The number of aryl methyl sites for hydroxylation is 3. The minimum atomic E-state index is -0.0385. The van der Waals surface area contributed by atoms with Crippen LogP contribution in [-0.4, -0.2) is 13.0 Å². The van der Waals surface area contributed by atoms with Crippen molar-refractivity contribution in [2.24, 2.45) is 0 Å². The van der Waals surface area contributed by atoms with Crippen LogP contribution in [0.2, 0.25) is 0 Å². The van der Waals surface area contributed by atoms with Crippen molar-refractivity contribution in [2.75, 3.05) is 17.7 Å². The predicted molar refractivity (Wildman–Crippen MR) is 88.9 cm³/mol. The van der Waals surface area contributed by atoms with Crippen LogP contribution in [0.25, 0.3) is 0 Å². The molecule has 0 radical (unpaired) electrons. The van der Waals surface area contributed by atoms with Crippen LogP contribution in [0, 0.1) is 13.8 Å². The van der Waals surface area contributed by atoms with E-state index < -0.39 is 0 Å². The van der Waals surface area contributed by atoms with Gasteiger partial charge in [0, 0.05) is 24.0 Å². The molecule has 0 atom stereocenters. The number of nitrogens with two attached hydrogens (primary N) is 1. The van der Waals surface area contributed by atoms with Crippen molar-refractivity contribution in [3.63, 3.8) is 0 Å². The highest BCUT2D eigenvalue weighted by molar-refractivity contribution is 6.07. The van der Waals surface area contributed by atoms with Crippen LogP contribution < -0.4 is 10.6 Å². The van der Waals surface area contributed by atoms with Crippen molar-refractivity contribution in [1.29, 1.82) is 0 Å². The van der Waals surface area contributed by atoms with Crippen LogP contribution in [0.5, 0.6) is 0 Å². The molecule has 3 heteroatoms. The van der Waals surface area contributed by atoms with E-state index in [4.69, 9.17) is 5.73 Å². The van der Waals surface area contributed by atoms with E-state index in [0.29, 0.717) is 11.3 Å². The Morgan fingerprint density at radius 1 is 1.10 bits per heavy atom. The smallest absolute Gasteiger partial charge is 0.258 e. The summed E-state index contributed by atoms with van der Waals surface area (Å²) in [6.07, 6.45) is 0.992. The van der Waals surface area contributed by atoms with Crippen LogP contribution in [0.1, 0.15) is 34.0 Å². The molecule has 2 N–H and O–H groups in total. The molecule has 0 aromatic heterocycles. The topological polar surface area (TPSA) is 46.3 Å². The van der Waals surface area contributed by atoms with Crippen LogP contribution >= 0.6 is 0 Å². The highest BCUT2D eigenvalue weighted by Gasteiger charge is 2.16. The lowest BCUT2D eigenvalue weighted by Crippen LogP contribution is -2.27. The molecule has 1 amide bonds. The Morgan fingerprint density at radius 3 is 2.29 bits per heavy atom. The highest BCUT2D eigenvalue weighted by atomic mass is 16.2. The molecular formula is C18H22N2O. The Hall–Kier alpha value is -2.29. The summed E-state index contributed by atoms with van der Waals surface area (Å²) in [4.78, 5) is 14.3. The molecule has 0 saturated heterocycles. The first-order valence-corrected chi connectivity index (χ1v) is 7.17. The zero-order valence-electron chi connectivity index (χ0n) is 13.1. The molecule has 2 aromatic rings. The number of rotatable bonds is 3. The summed E-state index contributed by atoms with van der Waals surface area (Å²) in [7, 11) is 1.79. The van der Waals surface area contributed by atoms with Crippen molar-refractivity contribution in [3.8, 4) is 0 Å². The molecule has 0 spiro atoms. The number of benzene rings is 2. The van der Waals surface area contributed by atoms with E-state index in [1.165, 1.54) is 5.56 Å². The van der Waals surface area contributed by atoms with Crippen molar-refractivity contribution < 1.29 is 4.79 Å². The van der Waals surface area contributed by atoms with Crippen molar-refractivity contribution in [1.82, 2.24) is 0 Å². The summed E-state index contributed by atoms with van der Waals surface area (Å²) in [6.45, 7) is 6.00. The van der Waals surface area contributed by atoms with Gasteiger partial charge in [-0.05, 0) is 55.2 Å². The monoisotopic (exact) mass is 282 g/mol. The van der Waals surface area contributed by atoms with Gasteiger partial charge in [0.05, 0.1) is 0 Å². The molecular weight excluding hydrogens is 260 g/mol. The summed E-state index contributed by atoms with van der Waals surface area (Å²) in [5.41, 5.74) is 11.3. The largest absolute Gasteiger partial charge is 0.398 e. The fourth-order valence-electron chi connectivity index (χ4n) is 2.35. The number of carbonyl (C=O) groups is 1. The molecule has 3 nitrogen and oxygen atoms in total. The summed E-state index contributed by atoms with van der Waals surface area (Å²) >= 11 is 0. The second-order valence-corrected chi connectivity index (χ2v) is 5.41. The minimum Gasteiger partial charge on any atom is -0.398 e. The Bertz CT molecular complexity index is 660. The maximum Gasteiger partial charge on any atom is 0.258 e. The minimum absolute atomic E-state index is 0.0385. The molecule has 0 saturated carbocycles.